The van der Waals surface area contributed by atoms with Crippen LogP contribution < -0.4 is 5.32 Å². The van der Waals surface area contributed by atoms with Gasteiger partial charge in [-0.3, -0.25) is 0 Å². The molecule has 112 valence electrons. The summed E-state index contributed by atoms with van der Waals surface area (Å²) in [4.78, 5) is 16.1. The molecule has 0 atom stereocenters. The van der Waals surface area contributed by atoms with Gasteiger partial charge in [-0.25, -0.2) is 9.78 Å². The number of pyridine rings is 1. The average Bonchev–Trinajstić information content (AvgIpc) is 2.41. The molecule has 20 heavy (non-hydrogen) atoms. The fourth-order valence-electron chi connectivity index (χ4n) is 1.61. The molecule has 0 aliphatic carbocycles. The average molecular weight is 300 g/mol. The van der Waals surface area contributed by atoms with Crippen LogP contribution in [0.1, 0.15) is 42.4 Å². The molecule has 0 unspecified atom stereocenters. The Labute approximate surface area is 125 Å². The molecule has 0 saturated heterocycles. The highest BCUT2D eigenvalue weighted by molar-refractivity contribution is 6.15. The first kappa shape index (κ1) is 18.4. The van der Waals surface area contributed by atoms with Crippen molar-refractivity contribution >= 4 is 29.1 Å². The number of hydrogen-bond acceptors (Lipinski definition) is 5. The van der Waals surface area contributed by atoms with E-state index in [4.69, 9.17) is 10.1 Å². The zero-order valence-electron chi connectivity index (χ0n) is 12.6. The van der Waals surface area contributed by atoms with Crippen LogP contribution in [0.25, 0.3) is 0 Å². The van der Waals surface area contributed by atoms with Gasteiger partial charge in [0.05, 0.1) is 17.9 Å². The lowest BCUT2D eigenvalue weighted by molar-refractivity contribution is 0.0525. The molecule has 1 rings (SSSR count). The van der Waals surface area contributed by atoms with Crippen molar-refractivity contribution in [3.05, 3.63) is 22.9 Å². The minimum Gasteiger partial charge on any atom is -0.462 e. The molecule has 1 heterocycles. The largest absolute Gasteiger partial charge is 0.462 e. The highest BCUT2D eigenvalue weighted by atomic mass is 35.5. The second-order valence-electron chi connectivity index (χ2n) is 3.89. The fourth-order valence-corrected chi connectivity index (χ4v) is 1.61. The molecule has 0 fully saturated rings. The normalized spacial score (nSPS) is 9.30. The first-order chi connectivity index (χ1) is 9.51. The molecule has 5 nitrogen and oxygen atoms in total. The number of carbonyl (C=O) groups excluding carboxylic acids is 1. The Morgan fingerprint density at radius 1 is 1.40 bits per heavy atom. The second-order valence-corrected chi connectivity index (χ2v) is 3.89. The second kappa shape index (κ2) is 9.31. The molecular weight excluding hydrogens is 278 g/mol. The Bertz CT molecular complexity index is 476. The van der Waals surface area contributed by atoms with E-state index in [1.165, 1.54) is 6.38 Å². The van der Waals surface area contributed by atoms with Crippen LogP contribution >= 0.6 is 11.6 Å². The Kier molecular flexibility index (Phi) is 8.56. The minimum atomic E-state index is -0.395. The number of esters is 1. The first-order valence-corrected chi connectivity index (χ1v) is 7.12. The quantitative estimate of drug-likeness (QED) is 0.497. The number of ether oxygens (including phenoxy) is 1. The third-order valence-corrected chi connectivity index (χ3v) is 2.46. The summed E-state index contributed by atoms with van der Waals surface area (Å²) in [6.07, 6.45) is 1.47. The number of aromatic nitrogens is 1. The molecular formula is C14H22ClN3O2. The van der Waals surface area contributed by atoms with E-state index < -0.39 is 5.97 Å². The van der Waals surface area contributed by atoms with Gasteiger partial charge in [-0.2, -0.15) is 0 Å². The van der Waals surface area contributed by atoms with Crippen molar-refractivity contribution in [2.24, 2.45) is 0 Å². The number of carbonyl (C=O) groups is 1. The number of nitrogens with one attached hydrogen (secondary N) is 2. The highest BCUT2D eigenvalue weighted by Crippen LogP contribution is 2.19. The van der Waals surface area contributed by atoms with E-state index in [2.05, 4.69) is 21.9 Å². The van der Waals surface area contributed by atoms with Gasteiger partial charge in [-0.15, -0.1) is 11.6 Å². The van der Waals surface area contributed by atoms with Crippen LogP contribution in [-0.4, -0.2) is 36.2 Å². The molecule has 0 amide bonds. The summed E-state index contributed by atoms with van der Waals surface area (Å²) < 4.78 is 4.97. The van der Waals surface area contributed by atoms with Crippen LogP contribution in [0.4, 0.5) is 5.82 Å². The summed E-state index contributed by atoms with van der Waals surface area (Å²) in [5.74, 6) is 0.239. The molecule has 1 aromatic rings. The van der Waals surface area contributed by atoms with E-state index in [0.29, 0.717) is 41.5 Å². The van der Waals surface area contributed by atoms with Gasteiger partial charge in [0.2, 0.25) is 0 Å². The Morgan fingerprint density at radius 2 is 2.00 bits per heavy atom. The molecule has 6 heteroatoms. The zero-order valence-corrected chi connectivity index (χ0v) is 13.4. The van der Waals surface area contributed by atoms with Crippen molar-refractivity contribution in [3.8, 4) is 0 Å². The van der Waals surface area contributed by atoms with Crippen LogP contribution in [0.5, 0.6) is 0 Å². The van der Waals surface area contributed by atoms with Crippen LogP contribution in [0.3, 0.4) is 0 Å². The number of rotatable bonds is 5. The smallest absolute Gasteiger partial charge is 0.339 e. The van der Waals surface area contributed by atoms with Gasteiger partial charge < -0.3 is 15.5 Å². The fraction of sp³-hybridized carbons (Fsp3) is 0.500. The van der Waals surface area contributed by atoms with E-state index in [1.807, 2.05) is 6.92 Å². The molecule has 0 bridgehead atoms. The third-order valence-electron chi connectivity index (χ3n) is 2.46. The lowest BCUT2D eigenvalue weighted by atomic mass is 10.1. The molecule has 1 aromatic heterocycles. The number of anilines is 1. The molecule has 0 aliphatic rings. The molecule has 0 spiro atoms. The van der Waals surface area contributed by atoms with Gasteiger partial charge in [0.25, 0.3) is 0 Å². The molecule has 0 aromatic carbocycles. The monoisotopic (exact) mass is 299 g/mol. The topological polar surface area (TPSA) is 75.1 Å². The van der Waals surface area contributed by atoms with Crippen LogP contribution in [0.2, 0.25) is 0 Å². The molecule has 2 N–H and O–H groups in total. The maximum atomic E-state index is 11.8. The van der Waals surface area contributed by atoms with Crippen LogP contribution in [0.15, 0.2) is 6.07 Å². The van der Waals surface area contributed by atoms with Gasteiger partial charge in [0, 0.05) is 24.2 Å². The van der Waals surface area contributed by atoms with Crippen LogP contribution in [-0.2, 0) is 4.74 Å². The number of nitrogens with zero attached hydrogens (tertiary/aromatic N) is 1. The maximum Gasteiger partial charge on any atom is 0.339 e. The van der Waals surface area contributed by atoms with Gasteiger partial charge in [0.15, 0.2) is 0 Å². The Morgan fingerprint density at radius 3 is 2.45 bits per heavy atom. The van der Waals surface area contributed by atoms with Gasteiger partial charge >= 0.3 is 5.97 Å². The van der Waals surface area contributed by atoms with E-state index in [0.717, 1.165) is 0 Å². The maximum absolute atomic E-state index is 11.8. The van der Waals surface area contributed by atoms with Crippen LogP contribution in [0, 0.1) is 12.3 Å². The number of halogens is 1. The van der Waals surface area contributed by atoms with Crippen molar-refractivity contribution in [1.29, 1.82) is 5.41 Å². The van der Waals surface area contributed by atoms with Gasteiger partial charge in [-0.1, -0.05) is 0 Å². The Hall–Kier alpha value is -1.62. The minimum absolute atomic E-state index is 0.326. The summed E-state index contributed by atoms with van der Waals surface area (Å²) in [6.45, 7) is 8.19. The van der Waals surface area contributed by atoms with E-state index in [1.54, 1.807) is 26.8 Å². The Balaban J connectivity index is 0.00000172. The SMILES string of the molecule is CCNc1nc(C)c(C(=O)OCC)cc1C(C)=N.CCl. The van der Waals surface area contributed by atoms with E-state index in [-0.39, 0.29) is 0 Å². The lowest BCUT2D eigenvalue weighted by Gasteiger charge is -2.13. The number of alkyl halides is 1. The predicted molar refractivity (Wildman–Crippen MR) is 83.4 cm³/mol. The summed E-state index contributed by atoms with van der Waals surface area (Å²) in [5, 5.41) is 10.8. The van der Waals surface area contributed by atoms with Gasteiger partial charge in [-0.05, 0) is 33.8 Å². The van der Waals surface area contributed by atoms with Crippen molar-refractivity contribution in [2.45, 2.75) is 27.7 Å². The van der Waals surface area contributed by atoms with Crippen molar-refractivity contribution < 1.29 is 9.53 Å². The standard InChI is InChI=1S/C13H19N3O2.CH3Cl/c1-5-15-12-10(8(3)14)7-11(9(4)16-12)13(17)18-6-2;1-2/h7,14H,5-6H2,1-4H3,(H,15,16);1H3. The van der Waals surface area contributed by atoms with Crippen molar-refractivity contribution in [3.63, 3.8) is 0 Å². The highest BCUT2D eigenvalue weighted by Gasteiger charge is 2.16. The van der Waals surface area contributed by atoms with Gasteiger partial charge in [0.1, 0.15) is 5.82 Å². The summed E-state index contributed by atoms with van der Waals surface area (Å²) in [7, 11) is 0. The number of hydrogen-bond donors (Lipinski definition) is 2. The first-order valence-electron chi connectivity index (χ1n) is 6.37. The van der Waals surface area contributed by atoms with E-state index in [9.17, 15) is 4.79 Å². The van der Waals surface area contributed by atoms with E-state index >= 15 is 0 Å². The summed E-state index contributed by atoms with van der Waals surface area (Å²) in [5.41, 5.74) is 2.02. The van der Waals surface area contributed by atoms with Crippen molar-refractivity contribution in [2.75, 3.05) is 24.9 Å². The third kappa shape index (κ3) is 4.81. The predicted octanol–water partition coefficient (Wildman–Crippen LogP) is 3.24. The van der Waals surface area contributed by atoms with Crippen molar-refractivity contribution in [1.82, 2.24) is 4.98 Å². The molecule has 0 radical (unpaired) electrons. The molecule has 0 saturated carbocycles. The molecule has 0 aliphatic heterocycles. The lowest BCUT2D eigenvalue weighted by Crippen LogP contribution is -2.13. The number of aryl methyl sites for hydroxylation is 1. The summed E-state index contributed by atoms with van der Waals surface area (Å²) >= 11 is 4.64. The zero-order chi connectivity index (χ0) is 15.7. The summed E-state index contributed by atoms with van der Waals surface area (Å²) in [6, 6.07) is 1.67.